The first-order valence-corrected chi connectivity index (χ1v) is 12.5. The molecule has 4 aromatic carbocycles. The summed E-state index contributed by atoms with van der Waals surface area (Å²) in [7, 11) is 2.97. The molecule has 2 atom stereocenters. The van der Waals surface area contributed by atoms with Gasteiger partial charge in [0.05, 0.1) is 26.1 Å². The van der Waals surface area contributed by atoms with Crippen LogP contribution in [-0.2, 0) is 0 Å². The van der Waals surface area contributed by atoms with Gasteiger partial charge >= 0.3 is 0 Å². The smallest absolute Gasteiger partial charge is 0.173 e. The van der Waals surface area contributed by atoms with Gasteiger partial charge in [-0.2, -0.15) is 0 Å². The molecule has 0 saturated carbocycles. The lowest BCUT2D eigenvalue weighted by atomic mass is 9.78. The highest BCUT2D eigenvalue weighted by Crippen LogP contribution is 2.29. The van der Waals surface area contributed by atoms with E-state index in [0.717, 1.165) is 0 Å². The van der Waals surface area contributed by atoms with E-state index in [4.69, 9.17) is 9.47 Å². The van der Waals surface area contributed by atoms with E-state index in [0.29, 0.717) is 22.6 Å². The molecule has 39 heavy (non-hydrogen) atoms. The Labute approximate surface area is 227 Å². The van der Waals surface area contributed by atoms with E-state index in [2.05, 4.69) is 0 Å². The Kier molecular flexibility index (Phi) is 8.79. The lowest BCUT2D eigenvalue weighted by molar-refractivity contribution is 0.0728. The lowest BCUT2D eigenvalue weighted by Crippen LogP contribution is -2.33. The molecule has 6 nitrogen and oxygen atoms in total. The largest absolute Gasteiger partial charge is 0.497 e. The first-order chi connectivity index (χ1) is 18.9. The number of hydrogen-bond acceptors (Lipinski definition) is 6. The van der Waals surface area contributed by atoms with E-state index in [-0.39, 0.29) is 17.5 Å². The maximum atomic E-state index is 13.9. The monoisotopic (exact) mass is 520 g/mol. The molecule has 0 bridgehead atoms. The highest BCUT2D eigenvalue weighted by molar-refractivity contribution is 6.19. The van der Waals surface area contributed by atoms with Crippen molar-refractivity contribution in [3.8, 4) is 11.5 Å². The van der Waals surface area contributed by atoms with Crippen LogP contribution in [0.2, 0.25) is 0 Å². The van der Waals surface area contributed by atoms with E-state index in [9.17, 15) is 19.2 Å². The molecule has 0 aliphatic heterocycles. The summed E-state index contributed by atoms with van der Waals surface area (Å²) in [6, 6.07) is 29.8. The van der Waals surface area contributed by atoms with Crippen LogP contribution in [0, 0.1) is 11.8 Å². The predicted molar refractivity (Wildman–Crippen MR) is 148 cm³/mol. The Morgan fingerprint density at radius 1 is 0.487 bits per heavy atom. The van der Waals surface area contributed by atoms with E-state index in [1.54, 1.807) is 109 Å². The minimum absolute atomic E-state index is 0.253. The van der Waals surface area contributed by atoms with Gasteiger partial charge in [0.25, 0.3) is 0 Å². The minimum Gasteiger partial charge on any atom is -0.497 e. The number of hydrogen-bond donors (Lipinski definition) is 0. The van der Waals surface area contributed by atoms with Gasteiger partial charge in [0.1, 0.15) is 11.5 Å². The number of Topliss-reactive ketones (excluding diaryl/α,β-unsaturated/α-hetero) is 4. The molecular weight excluding hydrogens is 492 g/mol. The lowest BCUT2D eigenvalue weighted by Gasteiger charge is -2.21. The van der Waals surface area contributed by atoms with Crippen LogP contribution >= 0.6 is 0 Å². The highest BCUT2D eigenvalue weighted by Gasteiger charge is 2.37. The van der Waals surface area contributed by atoms with Gasteiger partial charge in [-0.25, -0.2) is 0 Å². The minimum atomic E-state index is -1.29. The third-order valence-corrected chi connectivity index (χ3v) is 6.56. The summed E-state index contributed by atoms with van der Waals surface area (Å²) in [6.45, 7) is 0. The SMILES string of the molecule is COc1cccc(C(=O)C(CC(C(=O)c2ccccc2)C(=O)c2cccc(OC)c2)C(=O)c2ccccc2)c1. The van der Waals surface area contributed by atoms with Gasteiger partial charge in [-0.15, -0.1) is 0 Å². The molecule has 0 heterocycles. The molecule has 4 rings (SSSR count). The summed E-state index contributed by atoms with van der Waals surface area (Å²) in [6.07, 6.45) is -0.298. The van der Waals surface area contributed by atoms with Crippen molar-refractivity contribution in [3.05, 3.63) is 131 Å². The van der Waals surface area contributed by atoms with Crippen molar-refractivity contribution in [3.63, 3.8) is 0 Å². The highest BCUT2D eigenvalue weighted by atomic mass is 16.5. The maximum absolute atomic E-state index is 13.9. The fourth-order valence-electron chi connectivity index (χ4n) is 4.46. The number of methoxy groups -OCH3 is 2. The third kappa shape index (κ3) is 6.36. The molecule has 0 spiro atoms. The summed E-state index contributed by atoms with van der Waals surface area (Å²) in [5.74, 6) is -3.58. The van der Waals surface area contributed by atoms with Crippen molar-refractivity contribution >= 4 is 23.1 Å². The van der Waals surface area contributed by atoms with Crippen LogP contribution in [0.1, 0.15) is 47.9 Å². The van der Waals surface area contributed by atoms with Crippen molar-refractivity contribution in [1.29, 1.82) is 0 Å². The standard InChI is InChI=1S/C33H28O6/c1-38-26-17-9-15-24(19-26)32(36)28(30(34)22-11-5-3-6-12-22)21-29(31(35)23-13-7-4-8-14-23)33(37)25-16-10-18-27(20-25)39-2/h3-20,28-29H,21H2,1-2H3. The van der Waals surface area contributed by atoms with Gasteiger partial charge < -0.3 is 9.47 Å². The zero-order valence-corrected chi connectivity index (χ0v) is 21.7. The summed E-state index contributed by atoms with van der Waals surface area (Å²) in [5.41, 5.74) is 1.14. The number of ketones is 4. The summed E-state index contributed by atoms with van der Waals surface area (Å²) >= 11 is 0. The van der Waals surface area contributed by atoms with Crippen molar-refractivity contribution in [2.24, 2.45) is 11.8 Å². The van der Waals surface area contributed by atoms with Crippen molar-refractivity contribution in [2.45, 2.75) is 6.42 Å². The van der Waals surface area contributed by atoms with Gasteiger partial charge in [-0.05, 0) is 30.7 Å². The molecular formula is C33H28O6. The normalized spacial score (nSPS) is 12.2. The Morgan fingerprint density at radius 2 is 0.821 bits per heavy atom. The second-order valence-corrected chi connectivity index (χ2v) is 8.99. The van der Waals surface area contributed by atoms with Crippen LogP contribution in [-0.4, -0.2) is 37.4 Å². The molecule has 4 aromatic rings. The second-order valence-electron chi connectivity index (χ2n) is 8.99. The van der Waals surface area contributed by atoms with E-state index in [1.807, 2.05) is 0 Å². The molecule has 2 unspecified atom stereocenters. The van der Waals surface area contributed by atoms with Gasteiger partial charge in [0, 0.05) is 22.3 Å². The van der Waals surface area contributed by atoms with Crippen molar-refractivity contribution < 1.29 is 28.7 Å². The van der Waals surface area contributed by atoms with Crippen LogP contribution in [0.4, 0.5) is 0 Å². The topological polar surface area (TPSA) is 86.7 Å². The quantitative estimate of drug-likeness (QED) is 0.164. The van der Waals surface area contributed by atoms with E-state index >= 15 is 0 Å². The Hall–Kier alpha value is -4.84. The summed E-state index contributed by atoms with van der Waals surface area (Å²) in [4.78, 5) is 55.3. The molecule has 196 valence electrons. The molecule has 0 amide bonds. The zero-order valence-electron chi connectivity index (χ0n) is 21.7. The number of carbonyl (C=O) groups excluding carboxylic acids is 4. The first kappa shape index (κ1) is 27.2. The molecule has 0 saturated heterocycles. The number of ether oxygens (including phenoxy) is 2. The molecule has 6 heteroatoms. The van der Waals surface area contributed by atoms with Gasteiger partial charge in [0.15, 0.2) is 23.1 Å². The average molecular weight is 521 g/mol. The number of rotatable bonds is 12. The Bertz CT molecular complexity index is 1360. The van der Waals surface area contributed by atoms with Crippen LogP contribution < -0.4 is 9.47 Å². The Balaban J connectivity index is 1.80. The van der Waals surface area contributed by atoms with Gasteiger partial charge in [0.2, 0.25) is 0 Å². The molecule has 0 radical (unpaired) electrons. The van der Waals surface area contributed by atoms with Crippen LogP contribution in [0.5, 0.6) is 11.5 Å². The Morgan fingerprint density at radius 3 is 1.18 bits per heavy atom. The van der Waals surface area contributed by atoms with Crippen LogP contribution in [0.15, 0.2) is 109 Å². The first-order valence-electron chi connectivity index (χ1n) is 12.5. The van der Waals surface area contributed by atoms with Crippen LogP contribution in [0.25, 0.3) is 0 Å². The summed E-state index contributed by atoms with van der Waals surface area (Å²) < 4.78 is 10.5. The molecule has 0 fully saturated rings. The fraction of sp³-hybridized carbons (Fsp3) is 0.152. The molecule has 0 N–H and O–H groups in total. The van der Waals surface area contributed by atoms with E-state index < -0.39 is 35.0 Å². The third-order valence-electron chi connectivity index (χ3n) is 6.56. The van der Waals surface area contributed by atoms with Crippen LogP contribution in [0.3, 0.4) is 0 Å². The second kappa shape index (κ2) is 12.6. The molecule has 0 aliphatic rings. The summed E-state index contributed by atoms with van der Waals surface area (Å²) in [5, 5.41) is 0. The van der Waals surface area contributed by atoms with Gasteiger partial charge in [-0.1, -0.05) is 84.9 Å². The average Bonchev–Trinajstić information content (AvgIpc) is 3.01. The van der Waals surface area contributed by atoms with Crippen molar-refractivity contribution in [2.75, 3.05) is 14.2 Å². The van der Waals surface area contributed by atoms with E-state index in [1.165, 1.54) is 14.2 Å². The molecule has 0 aliphatic carbocycles. The fourth-order valence-corrected chi connectivity index (χ4v) is 4.46. The maximum Gasteiger partial charge on any atom is 0.173 e. The zero-order chi connectivity index (χ0) is 27.8. The molecule has 0 aromatic heterocycles. The predicted octanol–water partition coefficient (Wildman–Crippen LogP) is 6.16. The number of carbonyl (C=O) groups is 4. The van der Waals surface area contributed by atoms with Crippen molar-refractivity contribution in [1.82, 2.24) is 0 Å². The van der Waals surface area contributed by atoms with Gasteiger partial charge in [-0.3, -0.25) is 19.2 Å². The number of benzene rings is 4.